The number of alkyl halides is 3. The highest BCUT2D eigenvalue weighted by Crippen LogP contribution is 2.31. The first-order chi connectivity index (χ1) is 12.8. The summed E-state index contributed by atoms with van der Waals surface area (Å²) in [5, 5.41) is 0.638. The van der Waals surface area contributed by atoms with Crippen LogP contribution in [0.3, 0.4) is 0 Å². The lowest BCUT2D eigenvalue weighted by Gasteiger charge is -2.26. The number of carbonyl (C=O) groups excluding carboxylic acids is 1. The summed E-state index contributed by atoms with van der Waals surface area (Å²) in [5.41, 5.74) is 0.991. The topological polar surface area (TPSA) is 29.5 Å². The molecule has 0 N–H and O–H groups in total. The largest absolute Gasteiger partial charge is 0.573 e. The van der Waals surface area contributed by atoms with Gasteiger partial charge in [0.25, 0.3) is 5.91 Å². The zero-order chi connectivity index (χ0) is 19.4. The van der Waals surface area contributed by atoms with Crippen LogP contribution in [-0.4, -0.2) is 30.3 Å². The molecule has 1 aliphatic heterocycles. The predicted molar refractivity (Wildman–Crippen MR) is 97.1 cm³/mol. The van der Waals surface area contributed by atoms with Gasteiger partial charge in [-0.15, -0.1) is 13.2 Å². The minimum absolute atomic E-state index is 0.0772. The summed E-state index contributed by atoms with van der Waals surface area (Å²) in [6, 6.07) is 13.0. The summed E-state index contributed by atoms with van der Waals surface area (Å²) in [6.07, 6.45) is -2.19. The Morgan fingerprint density at radius 3 is 2.48 bits per heavy atom. The number of rotatable bonds is 3. The summed E-state index contributed by atoms with van der Waals surface area (Å²) in [7, 11) is 0. The van der Waals surface area contributed by atoms with E-state index in [2.05, 4.69) is 4.74 Å². The zero-order valence-electron chi connectivity index (χ0n) is 14.5. The van der Waals surface area contributed by atoms with Crippen LogP contribution in [0.15, 0.2) is 48.5 Å². The first kappa shape index (κ1) is 19.5. The number of nitrogens with zero attached hydrogens (tertiary/aromatic N) is 1. The van der Waals surface area contributed by atoms with Crippen molar-refractivity contribution in [1.29, 1.82) is 0 Å². The molecule has 1 unspecified atom stereocenters. The fourth-order valence-corrected chi connectivity index (χ4v) is 3.49. The van der Waals surface area contributed by atoms with E-state index in [0.29, 0.717) is 18.1 Å². The monoisotopic (exact) mass is 397 g/mol. The number of benzene rings is 2. The molecule has 0 aliphatic carbocycles. The van der Waals surface area contributed by atoms with E-state index in [-0.39, 0.29) is 11.5 Å². The second-order valence-corrected chi connectivity index (χ2v) is 6.98. The van der Waals surface area contributed by atoms with Gasteiger partial charge in [0.15, 0.2) is 0 Å². The highest BCUT2D eigenvalue weighted by Gasteiger charge is 2.34. The summed E-state index contributed by atoms with van der Waals surface area (Å²) >= 11 is 5.94. The Bertz CT molecular complexity index is 793. The summed E-state index contributed by atoms with van der Waals surface area (Å²) in [6.45, 7) is 0.949. The number of hydrogen-bond acceptors (Lipinski definition) is 2. The van der Waals surface area contributed by atoms with Gasteiger partial charge >= 0.3 is 6.36 Å². The molecule has 144 valence electrons. The molecule has 1 amide bonds. The van der Waals surface area contributed by atoms with Gasteiger partial charge in [0, 0.05) is 24.0 Å². The van der Waals surface area contributed by atoms with Crippen molar-refractivity contribution in [2.24, 2.45) is 0 Å². The van der Waals surface area contributed by atoms with Crippen LogP contribution in [0.1, 0.15) is 41.1 Å². The lowest BCUT2D eigenvalue weighted by molar-refractivity contribution is -0.274. The first-order valence-electron chi connectivity index (χ1n) is 8.73. The molecule has 27 heavy (non-hydrogen) atoms. The van der Waals surface area contributed by atoms with Crippen LogP contribution in [0.4, 0.5) is 13.2 Å². The van der Waals surface area contributed by atoms with Gasteiger partial charge in [0.1, 0.15) is 5.75 Å². The number of halogens is 4. The normalized spacial score (nSPS) is 18.1. The molecule has 2 aromatic carbocycles. The maximum atomic E-state index is 12.9. The summed E-state index contributed by atoms with van der Waals surface area (Å²) in [5.74, 6) is -0.803. The minimum Gasteiger partial charge on any atom is -0.405 e. The molecule has 7 heteroatoms. The molecular weight excluding hydrogens is 379 g/mol. The van der Waals surface area contributed by atoms with Crippen LogP contribution in [0.5, 0.6) is 5.75 Å². The van der Waals surface area contributed by atoms with E-state index in [1.807, 2.05) is 12.1 Å². The van der Waals surface area contributed by atoms with Crippen LogP contribution in [-0.2, 0) is 0 Å². The molecule has 3 nitrogen and oxygen atoms in total. The van der Waals surface area contributed by atoms with Crippen molar-refractivity contribution in [2.45, 2.75) is 31.5 Å². The predicted octanol–water partition coefficient (Wildman–Crippen LogP) is 5.65. The molecule has 1 atom stereocenters. The van der Waals surface area contributed by atoms with E-state index < -0.39 is 18.0 Å². The van der Waals surface area contributed by atoms with Crippen molar-refractivity contribution in [1.82, 2.24) is 4.90 Å². The second kappa shape index (κ2) is 8.21. The quantitative estimate of drug-likeness (QED) is 0.670. The van der Waals surface area contributed by atoms with Crippen molar-refractivity contribution in [3.8, 4) is 5.75 Å². The maximum absolute atomic E-state index is 12.9. The second-order valence-electron chi connectivity index (χ2n) is 6.54. The van der Waals surface area contributed by atoms with Crippen LogP contribution in [0.2, 0.25) is 5.02 Å². The van der Waals surface area contributed by atoms with Crippen LogP contribution in [0.25, 0.3) is 0 Å². The van der Waals surface area contributed by atoms with Crippen molar-refractivity contribution in [3.05, 3.63) is 64.7 Å². The van der Waals surface area contributed by atoms with Gasteiger partial charge in [0.05, 0.1) is 5.56 Å². The Morgan fingerprint density at radius 2 is 1.78 bits per heavy atom. The Balaban J connectivity index is 1.82. The number of hydrogen-bond donors (Lipinski definition) is 0. The number of carbonyl (C=O) groups is 1. The molecule has 0 aromatic heterocycles. The average molecular weight is 398 g/mol. The number of ether oxygens (including phenoxy) is 1. The first-order valence-corrected chi connectivity index (χ1v) is 9.11. The zero-order valence-corrected chi connectivity index (χ0v) is 15.3. The molecule has 0 bridgehead atoms. The van der Waals surface area contributed by atoms with Crippen molar-refractivity contribution < 1.29 is 22.7 Å². The fourth-order valence-electron chi connectivity index (χ4n) is 3.36. The van der Waals surface area contributed by atoms with Crippen LogP contribution >= 0.6 is 11.6 Å². The Hall–Kier alpha value is -2.21. The molecule has 1 saturated heterocycles. The number of para-hydroxylation sites is 1. The van der Waals surface area contributed by atoms with E-state index in [1.165, 1.54) is 18.2 Å². The van der Waals surface area contributed by atoms with E-state index in [9.17, 15) is 18.0 Å². The third-order valence-corrected chi connectivity index (χ3v) is 4.90. The fraction of sp³-hybridized carbons (Fsp3) is 0.350. The van der Waals surface area contributed by atoms with Crippen molar-refractivity contribution >= 4 is 17.5 Å². The van der Waals surface area contributed by atoms with E-state index in [0.717, 1.165) is 30.9 Å². The van der Waals surface area contributed by atoms with E-state index in [1.54, 1.807) is 17.0 Å². The van der Waals surface area contributed by atoms with Crippen LogP contribution < -0.4 is 4.74 Å². The van der Waals surface area contributed by atoms with Crippen LogP contribution in [0, 0.1) is 0 Å². The van der Waals surface area contributed by atoms with Gasteiger partial charge in [-0.2, -0.15) is 0 Å². The van der Waals surface area contributed by atoms with E-state index >= 15 is 0 Å². The average Bonchev–Trinajstić information content (AvgIpc) is 2.87. The molecule has 0 spiro atoms. The minimum atomic E-state index is -4.85. The van der Waals surface area contributed by atoms with Gasteiger partial charge in [0.2, 0.25) is 0 Å². The van der Waals surface area contributed by atoms with E-state index in [4.69, 9.17) is 11.6 Å². The maximum Gasteiger partial charge on any atom is 0.573 e. The lowest BCUT2D eigenvalue weighted by Crippen LogP contribution is -2.34. The summed E-state index contributed by atoms with van der Waals surface area (Å²) in [4.78, 5) is 14.6. The molecule has 2 aromatic rings. The molecule has 3 rings (SSSR count). The van der Waals surface area contributed by atoms with Gasteiger partial charge in [-0.25, -0.2) is 0 Å². The standard InChI is InChI=1S/C20H19ClF3NO2/c21-16-10-8-14(9-11-16)15-5-3-4-12-25(13-15)19(26)17-6-1-2-7-18(17)27-20(22,23)24/h1-2,6-11,15H,3-5,12-13H2. The van der Waals surface area contributed by atoms with Gasteiger partial charge in [-0.3, -0.25) is 4.79 Å². The molecule has 1 fully saturated rings. The SMILES string of the molecule is O=C(c1ccccc1OC(F)(F)F)N1CCCCC(c2ccc(Cl)cc2)C1. The Morgan fingerprint density at radius 1 is 1.07 bits per heavy atom. The third-order valence-electron chi connectivity index (χ3n) is 4.64. The van der Waals surface area contributed by atoms with Crippen molar-refractivity contribution in [2.75, 3.05) is 13.1 Å². The lowest BCUT2D eigenvalue weighted by atomic mass is 9.94. The van der Waals surface area contributed by atoms with Gasteiger partial charge < -0.3 is 9.64 Å². The smallest absolute Gasteiger partial charge is 0.405 e. The molecule has 1 heterocycles. The molecule has 0 radical (unpaired) electrons. The Labute approximate surface area is 160 Å². The highest BCUT2D eigenvalue weighted by molar-refractivity contribution is 6.30. The Kier molecular flexibility index (Phi) is 5.95. The third kappa shape index (κ3) is 5.16. The van der Waals surface area contributed by atoms with Gasteiger partial charge in [-0.1, -0.05) is 42.3 Å². The summed E-state index contributed by atoms with van der Waals surface area (Å²) < 4.78 is 42.0. The molecule has 0 saturated carbocycles. The number of amides is 1. The number of likely N-dealkylation sites (tertiary alicyclic amines) is 1. The van der Waals surface area contributed by atoms with Gasteiger partial charge in [-0.05, 0) is 42.7 Å². The molecule has 1 aliphatic rings. The van der Waals surface area contributed by atoms with Crippen molar-refractivity contribution in [3.63, 3.8) is 0 Å². The highest BCUT2D eigenvalue weighted by atomic mass is 35.5. The molecular formula is C20H19ClF3NO2.